The Morgan fingerprint density at radius 3 is 2.57 bits per heavy atom. The maximum Gasteiger partial charge on any atom is 0.246 e. The third-order valence-corrected chi connectivity index (χ3v) is 4.25. The molecule has 2 atom stereocenters. The number of halogens is 1. The highest BCUT2D eigenvalue weighted by molar-refractivity contribution is 5.95. The lowest BCUT2D eigenvalue weighted by atomic mass is 10.0. The zero-order chi connectivity index (χ0) is 15.0. The molecule has 1 saturated heterocycles. The van der Waals surface area contributed by atoms with Gasteiger partial charge < -0.3 is 10.2 Å². The molecule has 1 aromatic carbocycles. The molecular formula is C16H19FN2O2. The van der Waals surface area contributed by atoms with Crippen LogP contribution in [0.15, 0.2) is 24.3 Å². The molecule has 0 aromatic heterocycles. The second kappa shape index (κ2) is 5.47. The lowest BCUT2D eigenvalue weighted by Crippen LogP contribution is -2.61. The summed E-state index contributed by atoms with van der Waals surface area (Å²) in [6.07, 6.45) is 2.64. The summed E-state index contributed by atoms with van der Waals surface area (Å²) in [5.41, 5.74) is 0.964. The Hall–Kier alpha value is -1.91. The van der Waals surface area contributed by atoms with Crippen molar-refractivity contribution >= 4 is 11.8 Å². The van der Waals surface area contributed by atoms with Crippen LogP contribution in [-0.4, -0.2) is 35.3 Å². The number of carbonyl (C=O) groups excluding carboxylic acids is 2. The molecular weight excluding hydrogens is 271 g/mol. The molecule has 1 heterocycles. The number of carbonyl (C=O) groups is 2. The second-order valence-electron chi connectivity index (χ2n) is 6.03. The van der Waals surface area contributed by atoms with Crippen molar-refractivity contribution in [2.75, 3.05) is 6.54 Å². The number of piperazine rings is 1. The van der Waals surface area contributed by atoms with Crippen LogP contribution in [0.3, 0.4) is 0 Å². The largest absolute Gasteiger partial charge is 0.342 e. The molecule has 1 aromatic rings. The summed E-state index contributed by atoms with van der Waals surface area (Å²) in [7, 11) is 0. The molecule has 3 rings (SSSR count). The van der Waals surface area contributed by atoms with E-state index in [0.717, 1.165) is 18.4 Å². The first-order valence-electron chi connectivity index (χ1n) is 7.39. The fourth-order valence-corrected chi connectivity index (χ4v) is 2.89. The molecule has 2 unspecified atom stereocenters. The molecule has 4 nitrogen and oxygen atoms in total. The van der Waals surface area contributed by atoms with Gasteiger partial charge in [0.2, 0.25) is 11.8 Å². The number of rotatable bonds is 4. The lowest BCUT2D eigenvalue weighted by molar-refractivity contribution is -0.146. The maximum absolute atomic E-state index is 12.9. The fraction of sp³-hybridized carbons (Fsp3) is 0.500. The molecule has 1 N–H and O–H groups in total. The van der Waals surface area contributed by atoms with Crippen molar-refractivity contribution in [1.82, 2.24) is 10.2 Å². The van der Waals surface area contributed by atoms with E-state index in [1.807, 2.05) is 6.92 Å². The van der Waals surface area contributed by atoms with Gasteiger partial charge in [-0.25, -0.2) is 4.39 Å². The summed E-state index contributed by atoms with van der Waals surface area (Å²) in [5, 5.41) is 2.80. The number of hydrogen-bond donors (Lipinski definition) is 1. The van der Waals surface area contributed by atoms with Gasteiger partial charge >= 0.3 is 0 Å². The van der Waals surface area contributed by atoms with E-state index in [1.165, 1.54) is 12.1 Å². The first kappa shape index (κ1) is 14.0. The Balaban J connectivity index is 1.70. The zero-order valence-electron chi connectivity index (χ0n) is 12.0. The van der Waals surface area contributed by atoms with Crippen molar-refractivity contribution in [1.29, 1.82) is 0 Å². The topological polar surface area (TPSA) is 49.4 Å². The highest BCUT2D eigenvalue weighted by Crippen LogP contribution is 2.34. The summed E-state index contributed by atoms with van der Waals surface area (Å²) >= 11 is 0. The molecule has 1 saturated carbocycles. The first-order valence-corrected chi connectivity index (χ1v) is 7.39. The normalized spacial score (nSPS) is 23.9. The minimum Gasteiger partial charge on any atom is -0.342 e. The van der Waals surface area contributed by atoms with E-state index in [4.69, 9.17) is 0 Å². The van der Waals surface area contributed by atoms with Crippen LogP contribution in [0.5, 0.6) is 0 Å². The summed E-state index contributed by atoms with van der Waals surface area (Å²) in [6.45, 7) is 2.05. The van der Waals surface area contributed by atoms with Gasteiger partial charge in [-0.2, -0.15) is 0 Å². The minimum atomic E-state index is -0.345. The molecule has 1 aliphatic carbocycles. The van der Waals surface area contributed by atoms with E-state index >= 15 is 0 Å². The standard InChI is InChI=1S/C16H19FN2O2/c1-10(8-11-2-6-13(17)7-3-11)19-9-14(20)18-15(16(19)21)12-4-5-12/h2-3,6-7,10,12,15H,4-5,8-9H2,1H3,(H,18,20). The Labute approximate surface area is 123 Å². The SMILES string of the molecule is CC(Cc1ccc(F)cc1)N1CC(=O)NC(C2CC2)C1=O. The van der Waals surface area contributed by atoms with Crippen LogP contribution in [0, 0.1) is 11.7 Å². The van der Waals surface area contributed by atoms with Crippen LogP contribution in [-0.2, 0) is 16.0 Å². The van der Waals surface area contributed by atoms with Gasteiger partial charge in [-0.05, 0) is 49.8 Å². The minimum absolute atomic E-state index is 0.0201. The molecule has 0 radical (unpaired) electrons. The number of hydrogen-bond acceptors (Lipinski definition) is 2. The Kier molecular flexibility index (Phi) is 3.66. The van der Waals surface area contributed by atoms with E-state index in [1.54, 1.807) is 17.0 Å². The van der Waals surface area contributed by atoms with E-state index in [0.29, 0.717) is 12.3 Å². The highest BCUT2D eigenvalue weighted by atomic mass is 19.1. The lowest BCUT2D eigenvalue weighted by Gasteiger charge is -2.36. The second-order valence-corrected chi connectivity index (χ2v) is 6.03. The van der Waals surface area contributed by atoms with E-state index in [-0.39, 0.29) is 36.3 Å². The van der Waals surface area contributed by atoms with Crippen molar-refractivity contribution in [3.8, 4) is 0 Å². The van der Waals surface area contributed by atoms with E-state index in [2.05, 4.69) is 5.32 Å². The van der Waals surface area contributed by atoms with Gasteiger partial charge in [0.1, 0.15) is 11.9 Å². The molecule has 2 fully saturated rings. The van der Waals surface area contributed by atoms with E-state index < -0.39 is 0 Å². The van der Waals surface area contributed by atoms with Gasteiger partial charge in [-0.15, -0.1) is 0 Å². The quantitative estimate of drug-likeness (QED) is 0.913. The molecule has 0 bridgehead atoms. The van der Waals surface area contributed by atoms with Crippen LogP contribution in [0.25, 0.3) is 0 Å². The highest BCUT2D eigenvalue weighted by Gasteiger charge is 2.43. The Bertz CT molecular complexity index is 554. The van der Waals surface area contributed by atoms with Gasteiger partial charge in [0.15, 0.2) is 0 Å². The molecule has 1 aliphatic heterocycles. The van der Waals surface area contributed by atoms with Crippen molar-refractivity contribution in [2.24, 2.45) is 5.92 Å². The van der Waals surface area contributed by atoms with Crippen LogP contribution < -0.4 is 5.32 Å². The number of benzene rings is 1. The fourth-order valence-electron chi connectivity index (χ4n) is 2.89. The third-order valence-electron chi connectivity index (χ3n) is 4.25. The van der Waals surface area contributed by atoms with E-state index in [9.17, 15) is 14.0 Å². The van der Waals surface area contributed by atoms with Crippen molar-refractivity contribution in [3.63, 3.8) is 0 Å². The number of amides is 2. The van der Waals surface area contributed by atoms with Crippen molar-refractivity contribution in [2.45, 2.75) is 38.3 Å². The van der Waals surface area contributed by atoms with Crippen LogP contribution in [0.2, 0.25) is 0 Å². The van der Waals surface area contributed by atoms with Gasteiger partial charge in [0.25, 0.3) is 0 Å². The molecule has 112 valence electrons. The van der Waals surface area contributed by atoms with Crippen molar-refractivity contribution in [3.05, 3.63) is 35.6 Å². The Morgan fingerprint density at radius 2 is 1.95 bits per heavy atom. The number of nitrogens with zero attached hydrogens (tertiary/aromatic N) is 1. The van der Waals surface area contributed by atoms with Crippen molar-refractivity contribution < 1.29 is 14.0 Å². The molecule has 21 heavy (non-hydrogen) atoms. The molecule has 5 heteroatoms. The smallest absolute Gasteiger partial charge is 0.246 e. The Morgan fingerprint density at radius 1 is 1.29 bits per heavy atom. The summed E-state index contributed by atoms with van der Waals surface area (Å²) in [6, 6.07) is 5.86. The predicted molar refractivity (Wildman–Crippen MR) is 75.9 cm³/mol. The monoisotopic (exact) mass is 290 g/mol. The zero-order valence-corrected chi connectivity index (χ0v) is 12.0. The average molecular weight is 290 g/mol. The van der Waals surface area contributed by atoms with Crippen LogP contribution in [0.4, 0.5) is 4.39 Å². The van der Waals surface area contributed by atoms with Gasteiger partial charge in [-0.3, -0.25) is 9.59 Å². The predicted octanol–water partition coefficient (Wildman–Crippen LogP) is 1.49. The maximum atomic E-state index is 12.9. The summed E-state index contributed by atoms with van der Waals surface area (Å²) in [5.74, 6) is -0.0277. The molecule has 0 spiro atoms. The summed E-state index contributed by atoms with van der Waals surface area (Å²) < 4.78 is 12.9. The first-order chi connectivity index (χ1) is 10.0. The third kappa shape index (κ3) is 3.06. The van der Waals surface area contributed by atoms with Gasteiger partial charge in [0, 0.05) is 6.04 Å². The number of nitrogens with one attached hydrogen (secondary N) is 1. The van der Waals surface area contributed by atoms with Crippen LogP contribution in [0.1, 0.15) is 25.3 Å². The van der Waals surface area contributed by atoms with Crippen LogP contribution >= 0.6 is 0 Å². The molecule has 2 aliphatic rings. The van der Waals surface area contributed by atoms with Gasteiger partial charge in [0.05, 0.1) is 6.54 Å². The van der Waals surface area contributed by atoms with Gasteiger partial charge in [-0.1, -0.05) is 12.1 Å². The summed E-state index contributed by atoms with van der Waals surface area (Å²) in [4.78, 5) is 26.0. The molecule has 2 amide bonds. The average Bonchev–Trinajstić information content (AvgIpc) is 3.28.